The van der Waals surface area contributed by atoms with Crippen molar-refractivity contribution < 1.29 is 14.2 Å². The number of halogens is 1. The van der Waals surface area contributed by atoms with Gasteiger partial charge in [-0.1, -0.05) is 12.2 Å². The van der Waals surface area contributed by atoms with Gasteiger partial charge in [0.25, 0.3) is 0 Å². The number of guanidine groups is 1. The average Bonchev–Trinajstić information content (AvgIpc) is 2.46. The van der Waals surface area contributed by atoms with Gasteiger partial charge in [-0.3, -0.25) is 4.99 Å². The minimum absolute atomic E-state index is 0. The van der Waals surface area contributed by atoms with Crippen LogP contribution in [-0.2, 0) is 4.74 Å². The predicted octanol–water partition coefficient (Wildman–Crippen LogP) is 2.64. The molecule has 0 fully saturated rings. The molecule has 0 aliphatic heterocycles. The molecule has 0 amide bonds. The number of nitrogens with zero attached hydrogens (tertiary/aromatic N) is 1. The molecule has 0 atom stereocenters. The van der Waals surface area contributed by atoms with Crippen molar-refractivity contribution in [3.05, 3.63) is 30.4 Å². The number of anilines is 1. The van der Waals surface area contributed by atoms with Crippen molar-refractivity contribution in [1.82, 2.24) is 0 Å². The highest BCUT2D eigenvalue weighted by molar-refractivity contribution is 14.0. The number of nitrogens with two attached hydrogens (primary N) is 1. The molecule has 7 heteroatoms. The summed E-state index contributed by atoms with van der Waals surface area (Å²) in [5.41, 5.74) is 7.51. The van der Waals surface area contributed by atoms with Crippen LogP contribution in [0.25, 0.3) is 0 Å². The van der Waals surface area contributed by atoms with Crippen LogP contribution in [0.2, 0.25) is 0 Å². The van der Waals surface area contributed by atoms with Gasteiger partial charge in [0.2, 0.25) is 0 Å². The first-order chi connectivity index (χ1) is 10.1. The molecule has 1 aromatic carbocycles. The summed E-state index contributed by atoms with van der Waals surface area (Å²) in [6.45, 7) is 7.16. The minimum Gasteiger partial charge on any atom is -0.497 e. The molecule has 0 bridgehead atoms. The zero-order chi connectivity index (χ0) is 15.7. The Balaban J connectivity index is 0.00000441. The highest BCUT2D eigenvalue weighted by Gasteiger charge is 2.05. The second-order valence-corrected chi connectivity index (χ2v) is 4.47. The first kappa shape index (κ1) is 20.5. The predicted molar refractivity (Wildman–Crippen MR) is 101 cm³/mol. The lowest BCUT2D eigenvalue weighted by atomic mass is 10.2. The summed E-state index contributed by atoms with van der Waals surface area (Å²) in [5.74, 6) is 1.66. The Hall–Kier alpha value is -1.48. The van der Waals surface area contributed by atoms with Gasteiger partial charge in [0.05, 0.1) is 39.7 Å². The molecule has 0 spiro atoms. The first-order valence-electron chi connectivity index (χ1n) is 6.58. The van der Waals surface area contributed by atoms with Crippen LogP contribution in [0, 0.1) is 0 Å². The van der Waals surface area contributed by atoms with Gasteiger partial charge in [0.15, 0.2) is 5.96 Å². The maximum absolute atomic E-state index is 5.83. The van der Waals surface area contributed by atoms with E-state index in [0.717, 1.165) is 5.57 Å². The van der Waals surface area contributed by atoms with Crippen molar-refractivity contribution in [2.45, 2.75) is 6.92 Å². The fraction of sp³-hybridized carbons (Fsp3) is 0.400. The molecule has 124 valence electrons. The number of methoxy groups -OCH3 is 2. The van der Waals surface area contributed by atoms with Crippen LogP contribution < -0.4 is 20.5 Å². The van der Waals surface area contributed by atoms with Crippen molar-refractivity contribution in [2.75, 3.05) is 39.3 Å². The monoisotopic (exact) mass is 421 g/mol. The number of nitrogens with one attached hydrogen (secondary N) is 1. The van der Waals surface area contributed by atoms with Gasteiger partial charge < -0.3 is 25.3 Å². The van der Waals surface area contributed by atoms with Crippen molar-refractivity contribution in [2.24, 2.45) is 10.7 Å². The third kappa shape index (κ3) is 7.51. The smallest absolute Gasteiger partial charge is 0.193 e. The first-order valence-corrected chi connectivity index (χ1v) is 6.58. The zero-order valence-corrected chi connectivity index (χ0v) is 15.5. The number of hydrogen-bond donors (Lipinski definition) is 2. The standard InChI is InChI=1S/C15H23N3O3.HI/c1-11(2)10-21-8-7-17-15(16)18-13-9-12(19-3)5-6-14(13)20-4;/h5-6,9H,1,7-8,10H2,2-4H3,(H3,16,17,18);1H. The number of ether oxygens (including phenoxy) is 3. The molecule has 22 heavy (non-hydrogen) atoms. The summed E-state index contributed by atoms with van der Waals surface area (Å²) in [5, 5.41) is 2.99. The largest absolute Gasteiger partial charge is 0.497 e. The summed E-state index contributed by atoms with van der Waals surface area (Å²) in [7, 11) is 3.19. The van der Waals surface area contributed by atoms with E-state index >= 15 is 0 Å². The quantitative estimate of drug-likeness (QED) is 0.222. The molecule has 0 heterocycles. The topological polar surface area (TPSA) is 78.1 Å². The molecule has 0 radical (unpaired) electrons. The van der Waals surface area contributed by atoms with Gasteiger partial charge in [-0.15, -0.1) is 24.0 Å². The van der Waals surface area contributed by atoms with E-state index in [1.165, 1.54) is 0 Å². The molecule has 1 aromatic rings. The molecule has 3 N–H and O–H groups in total. The van der Waals surface area contributed by atoms with Crippen LogP contribution in [0.5, 0.6) is 11.5 Å². The Morgan fingerprint density at radius 1 is 1.32 bits per heavy atom. The van der Waals surface area contributed by atoms with E-state index in [2.05, 4.69) is 16.9 Å². The van der Waals surface area contributed by atoms with Gasteiger partial charge in [-0.25, -0.2) is 0 Å². The van der Waals surface area contributed by atoms with Crippen LogP contribution in [0.15, 0.2) is 35.3 Å². The number of rotatable bonds is 8. The number of hydrogen-bond acceptors (Lipinski definition) is 4. The average molecular weight is 421 g/mol. The van der Waals surface area contributed by atoms with Crippen molar-refractivity contribution in [3.8, 4) is 11.5 Å². The SMILES string of the molecule is C=C(C)COCCN=C(N)Nc1cc(OC)ccc1OC.I. The van der Waals surface area contributed by atoms with Gasteiger partial charge in [-0.2, -0.15) is 0 Å². The molecule has 0 unspecified atom stereocenters. The maximum atomic E-state index is 5.83. The molecule has 1 rings (SSSR count). The van der Waals surface area contributed by atoms with E-state index in [0.29, 0.717) is 42.9 Å². The van der Waals surface area contributed by atoms with Crippen LogP contribution in [0.3, 0.4) is 0 Å². The summed E-state index contributed by atoms with van der Waals surface area (Å²) in [4.78, 5) is 4.18. The summed E-state index contributed by atoms with van der Waals surface area (Å²) < 4.78 is 15.8. The van der Waals surface area contributed by atoms with Gasteiger partial charge >= 0.3 is 0 Å². The van der Waals surface area contributed by atoms with Gasteiger partial charge in [0, 0.05) is 6.07 Å². The molecular weight excluding hydrogens is 397 g/mol. The highest BCUT2D eigenvalue weighted by Crippen LogP contribution is 2.28. The number of aliphatic imine (C=N–C) groups is 1. The molecule has 0 aromatic heterocycles. The summed E-state index contributed by atoms with van der Waals surface area (Å²) in [6, 6.07) is 5.39. The molecule has 0 saturated carbocycles. The Morgan fingerprint density at radius 2 is 2.05 bits per heavy atom. The molecule has 6 nitrogen and oxygen atoms in total. The second-order valence-electron chi connectivity index (χ2n) is 4.47. The van der Waals surface area contributed by atoms with Crippen LogP contribution >= 0.6 is 24.0 Å². The molecular formula is C15H24IN3O3. The lowest BCUT2D eigenvalue weighted by Gasteiger charge is -2.12. The Kier molecular flexibility index (Phi) is 10.4. The maximum Gasteiger partial charge on any atom is 0.193 e. The summed E-state index contributed by atoms with van der Waals surface area (Å²) in [6.07, 6.45) is 0. The number of benzene rings is 1. The minimum atomic E-state index is 0. The van der Waals surface area contributed by atoms with Crippen molar-refractivity contribution in [3.63, 3.8) is 0 Å². The Labute approximate surface area is 148 Å². The Bertz CT molecular complexity index is 507. The second kappa shape index (κ2) is 11.1. The van der Waals surface area contributed by atoms with E-state index in [-0.39, 0.29) is 24.0 Å². The normalized spacial score (nSPS) is 10.6. The fourth-order valence-corrected chi connectivity index (χ4v) is 1.57. The van der Waals surface area contributed by atoms with Gasteiger partial charge in [-0.05, 0) is 19.1 Å². The van der Waals surface area contributed by atoms with Crippen LogP contribution in [0.1, 0.15) is 6.92 Å². The third-order valence-electron chi connectivity index (χ3n) is 2.54. The Morgan fingerprint density at radius 3 is 2.64 bits per heavy atom. The lowest BCUT2D eigenvalue weighted by Crippen LogP contribution is -2.23. The zero-order valence-electron chi connectivity index (χ0n) is 13.2. The molecule has 0 saturated heterocycles. The van der Waals surface area contributed by atoms with E-state index in [4.69, 9.17) is 19.9 Å². The van der Waals surface area contributed by atoms with Crippen LogP contribution in [-0.4, -0.2) is 39.9 Å². The highest BCUT2D eigenvalue weighted by atomic mass is 127. The van der Waals surface area contributed by atoms with Gasteiger partial charge in [0.1, 0.15) is 11.5 Å². The third-order valence-corrected chi connectivity index (χ3v) is 2.54. The fourth-order valence-electron chi connectivity index (χ4n) is 1.57. The van der Waals surface area contributed by atoms with E-state index in [1.54, 1.807) is 26.4 Å². The molecule has 0 aliphatic rings. The van der Waals surface area contributed by atoms with Crippen molar-refractivity contribution in [1.29, 1.82) is 0 Å². The summed E-state index contributed by atoms with van der Waals surface area (Å²) >= 11 is 0. The van der Waals surface area contributed by atoms with Crippen LogP contribution in [0.4, 0.5) is 5.69 Å². The van der Waals surface area contributed by atoms with E-state index in [1.807, 2.05) is 13.0 Å². The lowest BCUT2D eigenvalue weighted by molar-refractivity contribution is 0.165. The molecule has 0 aliphatic carbocycles. The van der Waals surface area contributed by atoms with E-state index in [9.17, 15) is 0 Å². The van der Waals surface area contributed by atoms with E-state index < -0.39 is 0 Å². The van der Waals surface area contributed by atoms with Crippen molar-refractivity contribution >= 4 is 35.6 Å².